The van der Waals surface area contributed by atoms with Crippen LogP contribution in [-0.2, 0) is 16.0 Å². The Morgan fingerprint density at radius 3 is 2.21 bits per heavy atom. The van der Waals surface area contributed by atoms with Gasteiger partial charge in [0.1, 0.15) is 11.9 Å². The van der Waals surface area contributed by atoms with Crippen LogP contribution in [0.5, 0.6) is 5.75 Å². The van der Waals surface area contributed by atoms with Gasteiger partial charge in [-0.3, -0.25) is 0 Å². The van der Waals surface area contributed by atoms with E-state index in [0.29, 0.717) is 36.4 Å². The molecule has 0 aliphatic heterocycles. The Kier molecular flexibility index (Phi) is 7.42. The van der Waals surface area contributed by atoms with E-state index in [9.17, 15) is 14.0 Å². The van der Waals surface area contributed by atoms with Gasteiger partial charge in [0.25, 0.3) is 0 Å². The van der Waals surface area contributed by atoms with Crippen molar-refractivity contribution < 1.29 is 28.6 Å². The summed E-state index contributed by atoms with van der Waals surface area (Å²) in [5.41, 5.74) is 2.94. The lowest BCUT2D eigenvalue weighted by Gasteiger charge is -2.30. The van der Waals surface area contributed by atoms with Gasteiger partial charge in [-0.25, -0.2) is 18.9 Å². The van der Waals surface area contributed by atoms with Crippen LogP contribution in [0.25, 0.3) is 0 Å². The number of carboxylic acids is 1. The molecule has 34 heavy (non-hydrogen) atoms. The van der Waals surface area contributed by atoms with E-state index >= 15 is 0 Å². The van der Waals surface area contributed by atoms with Gasteiger partial charge >= 0.3 is 12.1 Å². The molecule has 2 unspecified atom stereocenters. The van der Waals surface area contributed by atoms with Crippen LogP contribution in [0.4, 0.5) is 20.6 Å². The molecule has 2 atom stereocenters. The summed E-state index contributed by atoms with van der Waals surface area (Å²) >= 11 is 0. The maximum atomic E-state index is 14.9. The zero-order valence-corrected chi connectivity index (χ0v) is 18.6. The summed E-state index contributed by atoms with van der Waals surface area (Å²) < 4.78 is 25.9. The number of alkyl halides is 1. The fourth-order valence-corrected chi connectivity index (χ4v) is 4.34. The predicted molar refractivity (Wildman–Crippen MR) is 127 cm³/mol. The van der Waals surface area contributed by atoms with Gasteiger partial charge in [0, 0.05) is 5.92 Å². The molecular formula is C27H26FNO5. The third kappa shape index (κ3) is 5.36. The summed E-state index contributed by atoms with van der Waals surface area (Å²) in [6.07, 6.45) is -0.542. The molecule has 1 N–H and O–H groups in total. The van der Waals surface area contributed by atoms with Crippen LogP contribution in [-0.4, -0.2) is 36.6 Å². The van der Waals surface area contributed by atoms with Crippen molar-refractivity contribution in [2.75, 3.05) is 18.1 Å². The maximum absolute atomic E-state index is 14.9. The van der Waals surface area contributed by atoms with Crippen LogP contribution in [0, 0.1) is 0 Å². The van der Waals surface area contributed by atoms with E-state index < -0.39 is 30.8 Å². The fourth-order valence-electron chi connectivity index (χ4n) is 4.34. The second-order valence-electron chi connectivity index (χ2n) is 8.08. The van der Waals surface area contributed by atoms with Gasteiger partial charge in [-0.15, -0.1) is 0 Å². The average molecular weight is 464 g/mol. The summed E-state index contributed by atoms with van der Waals surface area (Å²) in [6, 6.07) is 23.7. The minimum atomic E-state index is -1.08. The maximum Gasteiger partial charge on any atom is 0.418 e. The number of benzene rings is 3. The van der Waals surface area contributed by atoms with Crippen molar-refractivity contribution in [1.29, 1.82) is 0 Å². The number of carboxylic acid groups (broad SMARTS) is 1. The number of aliphatic carboxylic acids is 1. The van der Waals surface area contributed by atoms with E-state index in [1.807, 2.05) is 66.7 Å². The Morgan fingerprint density at radius 1 is 0.941 bits per heavy atom. The number of nitrogens with zero attached hydrogens (tertiary/aromatic N) is 1. The number of anilines is 2. The molecule has 7 heteroatoms. The highest BCUT2D eigenvalue weighted by molar-refractivity contribution is 5.95. The number of fused-ring (bicyclic) bond motifs is 1. The van der Waals surface area contributed by atoms with Gasteiger partial charge in [-0.05, 0) is 60.7 Å². The molecule has 1 aliphatic rings. The van der Waals surface area contributed by atoms with E-state index in [-0.39, 0.29) is 6.61 Å². The Bertz CT molecular complexity index is 1080. The zero-order valence-electron chi connectivity index (χ0n) is 18.6. The van der Waals surface area contributed by atoms with Crippen LogP contribution >= 0.6 is 0 Å². The van der Waals surface area contributed by atoms with Crippen LogP contribution in [0.15, 0.2) is 78.9 Å². The van der Waals surface area contributed by atoms with Crippen LogP contribution in [0.3, 0.4) is 0 Å². The number of carbonyl (C=O) groups excluding carboxylic acids is 1. The Balaban J connectivity index is 1.47. The molecule has 0 radical (unpaired) electrons. The normalized spacial score (nSPS) is 16.9. The number of carbonyl (C=O) groups is 2. The molecule has 0 bridgehead atoms. The first-order valence-corrected chi connectivity index (χ1v) is 11.2. The van der Waals surface area contributed by atoms with Crippen molar-refractivity contribution in [1.82, 2.24) is 0 Å². The van der Waals surface area contributed by atoms with Crippen molar-refractivity contribution in [2.45, 2.75) is 31.4 Å². The molecule has 0 saturated heterocycles. The molecule has 1 aliphatic carbocycles. The van der Waals surface area contributed by atoms with Crippen molar-refractivity contribution >= 4 is 23.4 Å². The minimum Gasteiger partial charge on any atom is -0.482 e. The van der Waals surface area contributed by atoms with Gasteiger partial charge < -0.3 is 14.6 Å². The van der Waals surface area contributed by atoms with E-state index in [2.05, 4.69) is 0 Å². The summed E-state index contributed by atoms with van der Waals surface area (Å²) in [5, 5.41) is 8.91. The second kappa shape index (κ2) is 10.8. The molecule has 6 nitrogen and oxygen atoms in total. The summed E-state index contributed by atoms with van der Waals surface area (Å²) in [7, 11) is 0. The lowest BCUT2D eigenvalue weighted by molar-refractivity contribution is -0.139. The Hall–Kier alpha value is -3.87. The van der Waals surface area contributed by atoms with E-state index in [4.69, 9.17) is 14.6 Å². The highest BCUT2D eigenvalue weighted by Gasteiger charge is 2.32. The summed E-state index contributed by atoms with van der Waals surface area (Å²) in [6.45, 7) is -0.410. The van der Waals surface area contributed by atoms with Gasteiger partial charge in [0.15, 0.2) is 6.61 Å². The van der Waals surface area contributed by atoms with Crippen LogP contribution in [0.1, 0.15) is 29.9 Å². The molecule has 0 aromatic heterocycles. The number of rotatable bonds is 8. The van der Waals surface area contributed by atoms with Gasteiger partial charge in [-0.2, -0.15) is 0 Å². The monoisotopic (exact) mass is 463 g/mol. The lowest BCUT2D eigenvalue weighted by Crippen LogP contribution is -2.29. The van der Waals surface area contributed by atoms with Gasteiger partial charge in [-0.1, -0.05) is 48.5 Å². The molecular weight excluding hydrogens is 437 g/mol. The first-order valence-electron chi connectivity index (χ1n) is 11.2. The third-order valence-electron chi connectivity index (χ3n) is 5.89. The fraction of sp³-hybridized carbons (Fsp3) is 0.259. The molecule has 0 fully saturated rings. The molecule has 4 rings (SSSR count). The van der Waals surface area contributed by atoms with Gasteiger partial charge in [0.05, 0.1) is 18.0 Å². The van der Waals surface area contributed by atoms with E-state index in [0.717, 1.165) is 11.1 Å². The standard InChI is InChI=1S/C27H26FNO5/c28-24-15-14-23-21(12-7-13-25(23)34-18-26(30)31)22(24)16-17-33-27(32)29(19-8-3-1-4-9-19)20-10-5-2-6-11-20/h1-13,22,24H,14-18H2,(H,30,31). The second-order valence-corrected chi connectivity index (χ2v) is 8.08. The van der Waals surface area contributed by atoms with E-state index in [1.54, 1.807) is 12.1 Å². The molecule has 176 valence electrons. The quantitative estimate of drug-likeness (QED) is 0.451. The molecule has 0 heterocycles. The Morgan fingerprint density at radius 2 is 1.59 bits per heavy atom. The van der Waals surface area contributed by atoms with E-state index in [1.165, 1.54) is 4.90 Å². The first-order chi connectivity index (χ1) is 16.5. The highest BCUT2D eigenvalue weighted by Crippen LogP contribution is 2.40. The van der Waals surface area contributed by atoms with Crippen LogP contribution < -0.4 is 9.64 Å². The summed E-state index contributed by atoms with van der Waals surface area (Å²) in [4.78, 5) is 25.4. The lowest BCUT2D eigenvalue weighted by atomic mass is 9.79. The number of hydrogen-bond donors (Lipinski definition) is 1. The predicted octanol–water partition coefficient (Wildman–Crippen LogP) is 5.88. The smallest absolute Gasteiger partial charge is 0.418 e. The summed E-state index contributed by atoms with van der Waals surface area (Å²) in [5.74, 6) is -1.07. The number of amides is 1. The zero-order chi connectivity index (χ0) is 23.9. The average Bonchev–Trinajstić information content (AvgIpc) is 2.85. The number of ether oxygens (including phenoxy) is 2. The SMILES string of the molecule is O=C(O)COc1cccc2c1CCC(F)C2CCOC(=O)N(c1ccccc1)c1ccccc1. The number of hydrogen-bond acceptors (Lipinski definition) is 4. The first kappa shape index (κ1) is 23.3. The molecule has 1 amide bonds. The van der Waals surface area contributed by atoms with Crippen LogP contribution in [0.2, 0.25) is 0 Å². The van der Waals surface area contributed by atoms with Crippen molar-refractivity contribution in [2.24, 2.45) is 0 Å². The molecule has 0 saturated carbocycles. The topological polar surface area (TPSA) is 76.1 Å². The number of para-hydroxylation sites is 2. The van der Waals surface area contributed by atoms with Gasteiger partial charge in [0.2, 0.25) is 0 Å². The van der Waals surface area contributed by atoms with Crippen molar-refractivity contribution in [3.8, 4) is 5.75 Å². The Labute approximate surface area is 197 Å². The molecule has 0 spiro atoms. The third-order valence-corrected chi connectivity index (χ3v) is 5.89. The van der Waals surface area contributed by atoms with Crippen molar-refractivity contribution in [3.63, 3.8) is 0 Å². The molecule has 3 aromatic rings. The minimum absolute atomic E-state index is 0.0414. The number of halogens is 1. The van der Waals surface area contributed by atoms with Crippen molar-refractivity contribution in [3.05, 3.63) is 90.0 Å². The molecule has 3 aromatic carbocycles. The highest BCUT2D eigenvalue weighted by atomic mass is 19.1. The largest absolute Gasteiger partial charge is 0.482 e.